The van der Waals surface area contributed by atoms with E-state index < -0.39 is 5.60 Å². The van der Waals surface area contributed by atoms with Gasteiger partial charge in [0, 0.05) is 0 Å². The highest BCUT2D eigenvalue weighted by Gasteiger charge is 2.35. The fourth-order valence-corrected chi connectivity index (χ4v) is 2.42. The van der Waals surface area contributed by atoms with E-state index in [9.17, 15) is 9.90 Å². The van der Waals surface area contributed by atoms with E-state index in [0.29, 0.717) is 0 Å². The lowest BCUT2D eigenvalue weighted by Gasteiger charge is -2.30. The molecule has 1 unspecified atom stereocenters. The van der Waals surface area contributed by atoms with Crippen molar-refractivity contribution in [1.82, 2.24) is 0 Å². The van der Waals surface area contributed by atoms with Crippen LogP contribution in [0, 0.1) is 5.41 Å². The second-order valence-electron chi connectivity index (χ2n) is 6.28. The second-order valence-corrected chi connectivity index (χ2v) is 6.28. The van der Waals surface area contributed by atoms with Crippen molar-refractivity contribution in [3.8, 4) is 0 Å². The number of carbonyl (C=O) groups is 1. The Balaban J connectivity index is 2.42. The fraction of sp³-hybridized carbons (Fsp3) is 0.800. The normalized spacial score (nSPS) is 24.6. The summed E-state index contributed by atoms with van der Waals surface area (Å²) in [5.74, 6) is -0.103. The molecule has 18 heavy (non-hydrogen) atoms. The topological polar surface area (TPSA) is 46.5 Å². The average molecular weight is 254 g/mol. The number of carbonyl (C=O) groups excluding carboxylic acids is 1. The standard InChI is InChI=1S/C15H26O3/c1-14(2,17)9-5-6-12-7-10-15(3,11-8-12)13(16)18-4/h7,17H,5-6,8-11H2,1-4H3. The van der Waals surface area contributed by atoms with E-state index in [1.807, 2.05) is 20.8 Å². The third-order valence-corrected chi connectivity index (χ3v) is 3.80. The molecule has 1 atom stereocenters. The van der Waals surface area contributed by atoms with Crippen molar-refractivity contribution in [3.05, 3.63) is 11.6 Å². The predicted molar refractivity (Wildman–Crippen MR) is 72.2 cm³/mol. The van der Waals surface area contributed by atoms with Crippen molar-refractivity contribution in [2.24, 2.45) is 5.41 Å². The van der Waals surface area contributed by atoms with Crippen LogP contribution in [-0.2, 0) is 9.53 Å². The Labute approximate surface area is 110 Å². The molecule has 1 aliphatic rings. The average Bonchev–Trinajstić information content (AvgIpc) is 2.29. The van der Waals surface area contributed by atoms with Crippen LogP contribution in [-0.4, -0.2) is 23.8 Å². The van der Waals surface area contributed by atoms with E-state index in [4.69, 9.17) is 4.74 Å². The van der Waals surface area contributed by atoms with Crippen LogP contribution < -0.4 is 0 Å². The van der Waals surface area contributed by atoms with Gasteiger partial charge < -0.3 is 9.84 Å². The zero-order chi connectivity index (χ0) is 13.8. The molecule has 0 aromatic rings. The van der Waals surface area contributed by atoms with Gasteiger partial charge in [-0.3, -0.25) is 4.79 Å². The summed E-state index contributed by atoms with van der Waals surface area (Å²) < 4.78 is 4.85. The first-order chi connectivity index (χ1) is 8.27. The number of allylic oxidation sites excluding steroid dienone is 2. The van der Waals surface area contributed by atoms with E-state index in [0.717, 1.165) is 38.5 Å². The van der Waals surface area contributed by atoms with E-state index in [1.54, 1.807) is 0 Å². The van der Waals surface area contributed by atoms with Crippen LogP contribution in [0.15, 0.2) is 11.6 Å². The van der Waals surface area contributed by atoms with E-state index in [-0.39, 0.29) is 11.4 Å². The summed E-state index contributed by atoms with van der Waals surface area (Å²) in [5.41, 5.74) is 0.505. The minimum Gasteiger partial charge on any atom is -0.469 e. The minimum absolute atomic E-state index is 0.103. The molecule has 1 rings (SSSR count). The first-order valence-corrected chi connectivity index (χ1v) is 6.75. The highest BCUT2D eigenvalue weighted by molar-refractivity contribution is 5.76. The summed E-state index contributed by atoms with van der Waals surface area (Å²) in [4.78, 5) is 11.7. The van der Waals surface area contributed by atoms with Gasteiger partial charge >= 0.3 is 5.97 Å². The third-order valence-electron chi connectivity index (χ3n) is 3.80. The monoisotopic (exact) mass is 254 g/mol. The molecule has 0 aromatic carbocycles. The Kier molecular flexibility index (Phi) is 4.97. The number of ether oxygens (including phenoxy) is 1. The zero-order valence-electron chi connectivity index (χ0n) is 12.1. The highest BCUT2D eigenvalue weighted by Crippen LogP contribution is 2.37. The van der Waals surface area contributed by atoms with Gasteiger partial charge in [0.2, 0.25) is 0 Å². The maximum absolute atomic E-state index is 11.7. The zero-order valence-corrected chi connectivity index (χ0v) is 12.1. The molecule has 0 radical (unpaired) electrons. The highest BCUT2D eigenvalue weighted by atomic mass is 16.5. The molecule has 0 spiro atoms. The maximum Gasteiger partial charge on any atom is 0.311 e. The molecular formula is C15H26O3. The van der Waals surface area contributed by atoms with Crippen molar-refractivity contribution < 1.29 is 14.6 Å². The summed E-state index contributed by atoms with van der Waals surface area (Å²) in [6.07, 6.45) is 7.65. The summed E-state index contributed by atoms with van der Waals surface area (Å²) >= 11 is 0. The molecular weight excluding hydrogens is 228 g/mol. The van der Waals surface area contributed by atoms with E-state index in [2.05, 4.69) is 6.08 Å². The van der Waals surface area contributed by atoms with Gasteiger partial charge in [-0.05, 0) is 59.3 Å². The molecule has 0 fully saturated rings. The Morgan fingerprint density at radius 3 is 2.67 bits per heavy atom. The lowest BCUT2D eigenvalue weighted by atomic mass is 9.75. The summed E-state index contributed by atoms with van der Waals surface area (Å²) in [5, 5.41) is 9.65. The van der Waals surface area contributed by atoms with Crippen molar-refractivity contribution >= 4 is 5.97 Å². The van der Waals surface area contributed by atoms with Crippen LogP contribution >= 0.6 is 0 Å². The van der Waals surface area contributed by atoms with Crippen LogP contribution in [0.4, 0.5) is 0 Å². The second kappa shape index (κ2) is 5.87. The number of methoxy groups -OCH3 is 1. The van der Waals surface area contributed by atoms with Crippen LogP contribution in [0.25, 0.3) is 0 Å². The number of hydrogen-bond acceptors (Lipinski definition) is 3. The molecule has 3 heteroatoms. The molecule has 0 bridgehead atoms. The van der Waals surface area contributed by atoms with E-state index >= 15 is 0 Å². The molecule has 104 valence electrons. The number of aliphatic hydroxyl groups is 1. The summed E-state index contributed by atoms with van der Waals surface area (Å²) in [6, 6.07) is 0. The summed E-state index contributed by atoms with van der Waals surface area (Å²) in [7, 11) is 1.45. The van der Waals surface area contributed by atoms with Gasteiger partial charge in [0.05, 0.1) is 18.1 Å². The Morgan fingerprint density at radius 1 is 1.56 bits per heavy atom. The van der Waals surface area contributed by atoms with Gasteiger partial charge in [0.1, 0.15) is 0 Å². The van der Waals surface area contributed by atoms with Crippen LogP contribution in [0.5, 0.6) is 0 Å². The molecule has 3 nitrogen and oxygen atoms in total. The Bertz CT molecular complexity index is 325. The van der Waals surface area contributed by atoms with Gasteiger partial charge in [-0.1, -0.05) is 11.6 Å². The minimum atomic E-state index is -0.574. The van der Waals surface area contributed by atoms with Crippen molar-refractivity contribution in [3.63, 3.8) is 0 Å². The Hall–Kier alpha value is -0.830. The first kappa shape index (κ1) is 15.2. The van der Waals surface area contributed by atoms with Gasteiger partial charge in [-0.2, -0.15) is 0 Å². The number of esters is 1. The molecule has 0 aromatic heterocycles. The van der Waals surface area contributed by atoms with Crippen LogP contribution in [0.3, 0.4) is 0 Å². The van der Waals surface area contributed by atoms with Gasteiger partial charge in [0.15, 0.2) is 0 Å². The Morgan fingerprint density at radius 2 is 2.22 bits per heavy atom. The fourth-order valence-electron chi connectivity index (χ4n) is 2.42. The molecule has 0 saturated carbocycles. The molecule has 0 aliphatic heterocycles. The smallest absolute Gasteiger partial charge is 0.311 e. The molecule has 1 N–H and O–H groups in total. The van der Waals surface area contributed by atoms with Crippen molar-refractivity contribution in [1.29, 1.82) is 0 Å². The summed E-state index contributed by atoms with van der Waals surface area (Å²) in [6.45, 7) is 5.66. The lowest BCUT2D eigenvalue weighted by Crippen LogP contribution is -2.30. The van der Waals surface area contributed by atoms with Gasteiger partial charge in [0.25, 0.3) is 0 Å². The first-order valence-electron chi connectivity index (χ1n) is 6.75. The van der Waals surface area contributed by atoms with E-state index in [1.165, 1.54) is 12.7 Å². The maximum atomic E-state index is 11.7. The van der Waals surface area contributed by atoms with Crippen LogP contribution in [0.2, 0.25) is 0 Å². The third kappa shape index (κ3) is 4.45. The predicted octanol–water partition coefficient (Wildman–Crippen LogP) is 3.22. The van der Waals surface area contributed by atoms with Gasteiger partial charge in [-0.25, -0.2) is 0 Å². The largest absolute Gasteiger partial charge is 0.469 e. The quantitative estimate of drug-likeness (QED) is 0.605. The number of hydrogen-bond donors (Lipinski definition) is 1. The van der Waals surface area contributed by atoms with Crippen molar-refractivity contribution in [2.75, 3.05) is 7.11 Å². The molecule has 0 heterocycles. The lowest BCUT2D eigenvalue weighted by molar-refractivity contribution is -0.152. The van der Waals surface area contributed by atoms with Crippen LogP contribution in [0.1, 0.15) is 59.3 Å². The molecule has 1 aliphatic carbocycles. The van der Waals surface area contributed by atoms with Crippen molar-refractivity contribution in [2.45, 2.75) is 64.9 Å². The SMILES string of the molecule is COC(=O)C1(C)CC=C(CCCC(C)(C)O)CC1. The van der Waals surface area contributed by atoms with Gasteiger partial charge in [-0.15, -0.1) is 0 Å². The molecule has 0 saturated heterocycles. The number of rotatable bonds is 5. The molecule has 0 amide bonds.